The van der Waals surface area contributed by atoms with Crippen molar-refractivity contribution in [3.8, 4) is 0 Å². The van der Waals surface area contributed by atoms with Crippen LogP contribution in [0, 0.1) is 0 Å². The van der Waals surface area contributed by atoms with Crippen LogP contribution in [0.2, 0.25) is 0 Å². The smallest absolute Gasteiger partial charge is 0.223 e. The van der Waals surface area contributed by atoms with Gasteiger partial charge in [-0.05, 0) is 24.3 Å². The van der Waals surface area contributed by atoms with Gasteiger partial charge in [-0.15, -0.1) is 0 Å². The van der Waals surface area contributed by atoms with Crippen molar-refractivity contribution >= 4 is 28.8 Å². The molecule has 0 saturated carbocycles. The van der Waals surface area contributed by atoms with E-state index in [1.54, 1.807) is 92.0 Å². The molecular weight excluding hydrogens is 378 g/mol. The molecule has 0 atom stereocenters. The topological polar surface area (TPSA) is 79.2 Å². The Balaban J connectivity index is 1.89. The van der Waals surface area contributed by atoms with Crippen molar-refractivity contribution in [2.75, 3.05) is 11.9 Å². The quantitative estimate of drug-likeness (QED) is 0.322. The number of Topliss-reactive ketones (excluding diaryl/α,β-unsaturated/α-hetero) is 2. The molecule has 3 aromatic carbocycles. The fraction of sp³-hybridized carbons (Fsp3) is 0.125. The van der Waals surface area contributed by atoms with Gasteiger partial charge in [0.2, 0.25) is 5.91 Å². The summed E-state index contributed by atoms with van der Waals surface area (Å²) in [7, 11) is 1.67. The summed E-state index contributed by atoms with van der Waals surface area (Å²) in [4.78, 5) is 38.9. The van der Waals surface area contributed by atoms with Crippen molar-refractivity contribution in [1.82, 2.24) is 0 Å². The van der Waals surface area contributed by atoms with Gasteiger partial charge < -0.3 is 4.90 Å². The van der Waals surface area contributed by atoms with Crippen LogP contribution in [0.1, 0.15) is 27.6 Å². The van der Waals surface area contributed by atoms with Gasteiger partial charge in [-0.2, -0.15) is 10.2 Å². The fourth-order valence-electron chi connectivity index (χ4n) is 2.79. The summed E-state index contributed by atoms with van der Waals surface area (Å²) < 4.78 is 0. The van der Waals surface area contributed by atoms with Gasteiger partial charge in [-0.25, -0.2) is 0 Å². The summed E-state index contributed by atoms with van der Waals surface area (Å²) in [6, 6.07) is 22.6. The first-order chi connectivity index (χ1) is 14.5. The molecule has 0 fully saturated rings. The average molecular weight is 399 g/mol. The molecule has 3 aromatic rings. The second kappa shape index (κ2) is 9.52. The zero-order chi connectivity index (χ0) is 21.5. The Morgan fingerprint density at radius 1 is 0.733 bits per heavy atom. The van der Waals surface area contributed by atoms with Gasteiger partial charge in [0.15, 0.2) is 17.6 Å². The summed E-state index contributed by atoms with van der Waals surface area (Å²) in [6.45, 7) is 1.47. The predicted octanol–water partition coefficient (Wildman–Crippen LogP) is 4.89. The predicted molar refractivity (Wildman–Crippen MR) is 115 cm³/mol. The molecule has 0 aliphatic heterocycles. The van der Waals surface area contributed by atoms with E-state index in [9.17, 15) is 14.4 Å². The molecule has 0 unspecified atom stereocenters. The van der Waals surface area contributed by atoms with Gasteiger partial charge in [0.1, 0.15) is 0 Å². The lowest BCUT2D eigenvalue weighted by Crippen LogP contribution is -2.28. The second-order valence-corrected chi connectivity index (χ2v) is 6.67. The van der Waals surface area contributed by atoms with Crippen LogP contribution in [-0.2, 0) is 4.79 Å². The highest BCUT2D eigenvalue weighted by Crippen LogP contribution is 2.21. The number of anilines is 1. The molecule has 150 valence electrons. The minimum atomic E-state index is -1.28. The van der Waals surface area contributed by atoms with Crippen molar-refractivity contribution < 1.29 is 14.4 Å². The van der Waals surface area contributed by atoms with Gasteiger partial charge in [0.25, 0.3) is 0 Å². The molecule has 0 N–H and O–H groups in total. The number of amides is 1. The molecule has 6 nitrogen and oxygen atoms in total. The van der Waals surface area contributed by atoms with E-state index in [0.29, 0.717) is 22.5 Å². The normalized spacial score (nSPS) is 10.9. The lowest BCUT2D eigenvalue weighted by Gasteiger charge is -2.14. The third-order valence-corrected chi connectivity index (χ3v) is 4.61. The van der Waals surface area contributed by atoms with Crippen molar-refractivity contribution in [3.05, 3.63) is 96.1 Å². The van der Waals surface area contributed by atoms with Gasteiger partial charge in [-0.3, -0.25) is 14.4 Å². The second-order valence-electron chi connectivity index (χ2n) is 6.67. The van der Waals surface area contributed by atoms with Crippen molar-refractivity contribution in [2.24, 2.45) is 10.2 Å². The molecular formula is C24H21N3O3. The number of nitrogens with zero attached hydrogens (tertiary/aromatic N) is 3. The van der Waals surface area contributed by atoms with E-state index in [0.717, 1.165) is 0 Å². The Morgan fingerprint density at radius 3 is 1.63 bits per heavy atom. The monoisotopic (exact) mass is 399 g/mol. The summed E-state index contributed by atoms with van der Waals surface area (Å²) >= 11 is 0. The van der Waals surface area contributed by atoms with Gasteiger partial charge in [0, 0.05) is 30.8 Å². The largest absolute Gasteiger partial charge is 0.316 e. The number of rotatable bonds is 7. The average Bonchev–Trinajstić information content (AvgIpc) is 2.80. The van der Waals surface area contributed by atoms with Gasteiger partial charge in [0.05, 0.1) is 5.69 Å². The highest BCUT2D eigenvalue weighted by molar-refractivity contribution is 6.19. The summed E-state index contributed by atoms with van der Waals surface area (Å²) in [5.41, 5.74) is 1.97. The van der Waals surface area contributed by atoms with E-state index in [1.165, 1.54) is 11.8 Å². The van der Waals surface area contributed by atoms with Crippen LogP contribution in [0.3, 0.4) is 0 Å². The molecule has 3 rings (SSSR count). The number of hydrogen-bond donors (Lipinski definition) is 0. The number of hydrogen-bond acceptors (Lipinski definition) is 5. The lowest BCUT2D eigenvalue weighted by molar-refractivity contribution is -0.116. The van der Waals surface area contributed by atoms with E-state index in [4.69, 9.17) is 0 Å². The Labute approximate surface area is 174 Å². The highest BCUT2D eigenvalue weighted by Gasteiger charge is 2.28. The SMILES string of the molecule is CC(=O)N(C)c1ccc(N=NC(C(=O)c2ccccc2)C(=O)c2ccccc2)cc1. The van der Waals surface area contributed by atoms with Crippen molar-refractivity contribution in [2.45, 2.75) is 13.0 Å². The summed E-state index contributed by atoms with van der Waals surface area (Å²) in [6.07, 6.45) is 0. The van der Waals surface area contributed by atoms with Gasteiger partial charge >= 0.3 is 0 Å². The molecule has 0 heterocycles. The Kier molecular flexibility index (Phi) is 6.60. The molecule has 0 spiro atoms. The molecule has 6 heteroatoms. The van der Waals surface area contributed by atoms with Crippen LogP contribution in [0.25, 0.3) is 0 Å². The molecule has 0 aliphatic rings. The van der Waals surface area contributed by atoms with Crippen LogP contribution in [-0.4, -0.2) is 30.6 Å². The zero-order valence-corrected chi connectivity index (χ0v) is 16.7. The molecule has 0 bridgehead atoms. The minimum Gasteiger partial charge on any atom is -0.316 e. The third-order valence-electron chi connectivity index (χ3n) is 4.61. The first-order valence-electron chi connectivity index (χ1n) is 9.41. The molecule has 0 radical (unpaired) electrons. The maximum absolute atomic E-state index is 13.0. The minimum absolute atomic E-state index is 0.0913. The number of carbonyl (C=O) groups excluding carboxylic acids is 3. The van der Waals surface area contributed by atoms with E-state index in [-0.39, 0.29) is 5.91 Å². The Bertz CT molecular complexity index is 1010. The van der Waals surface area contributed by atoms with Crippen LogP contribution >= 0.6 is 0 Å². The number of azo groups is 1. The number of benzene rings is 3. The molecule has 0 aromatic heterocycles. The third kappa shape index (κ3) is 4.91. The summed E-state index contributed by atoms with van der Waals surface area (Å²) in [5, 5.41) is 8.23. The zero-order valence-electron chi connectivity index (χ0n) is 16.7. The Hall–Kier alpha value is -3.93. The van der Waals surface area contributed by atoms with Crippen LogP contribution in [0.5, 0.6) is 0 Å². The maximum atomic E-state index is 13.0. The van der Waals surface area contributed by atoms with E-state index in [1.807, 2.05) is 0 Å². The maximum Gasteiger partial charge on any atom is 0.223 e. The van der Waals surface area contributed by atoms with Crippen molar-refractivity contribution in [3.63, 3.8) is 0 Å². The lowest BCUT2D eigenvalue weighted by atomic mass is 9.97. The summed E-state index contributed by atoms with van der Waals surface area (Å²) in [5.74, 6) is -0.923. The standard InChI is InChI=1S/C24H21N3O3/c1-17(28)27(2)21-15-13-20(14-16-21)25-26-22(23(29)18-9-5-3-6-10-18)24(30)19-11-7-4-8-12-19/h3-16,22H,1-2H3. The molecule has 30 heavy (non-hydrogen) atoms. The number of ketones is 2. The van der Waals surface area contributed by atoms with Gasteiger partial charge in [-0.1, -0.05) is 60.7 Å². The highest BCUT2D eigenvalue weighted by atomic mass is 16.2. The van der Waals surface area contributed by atoms with E-state index in [2.05, 4.69) is 10.2 Å². The first kappa shape index (κ1) is 20.8. The first-order valence-corrected chi connectivity index (χ1v) is 9.41. The molecule has 0 saturated heterocycles. The molecule has 1 amide bonds. The fourth-order valence-corrected chi connectivity index (χ4v) is 2.79. The van der Waals surface area contributed by atoms with Crippen LogP contribution < -0.4 is 4.90 Å². The Morgan fingerprint density at radius 2 is 1.20 bits per heavy atom. The van der Waals surface area contributed by atoms with Crippen molar-refractivity contribution in [1.29, 1.82) is 0 Å². The van der Waals surface area contributed by atoms with E-state index >= 15 is 0 Å². The molecule has 0 aliphatic carbocycles. The number of carbonyl (C=O) groups is 3. The van der Waals surface area contributed by atoms with Crippen LogP contribution in [0.15, 0.2) is 95.2 Å². The van der Waals surface area contributed by atoms with E-state index < -0.39 is 17.6 Å². The van der Waals surface area contributed by atoms with Crippen LogP contribution in [0.4, 0.5) is 11.4 Å².